The maximum atomic E-state index is 2.39. The summed E-state index contributed by atoms with van der Waals surface area (Å²) < 4.78 is 0. The van der Waals surface area contributed by atoms with E-state index < -0.39 is 0 Å². The third-order valence-electron chi connectivity index (χ3n) is 3.79. The van der Waals surface area contributed by atoms with Crippen LogP contribution < -0.4 is 0 Å². The van der Waals surface area contributed by atoms with E-state index in [2.05, 4.69) is 27.7 Å². The SMILES string of the molecule is CCCCC(CC)[CH2][Mo][CH2]C(CC)CCCC. The van der Waals surface area contributed by atoms with Crippen LogP contribution in [0.2, 0.25) is 9.62 Å². The van der Waals surface area contributed by atoms with Gasteiger partial charge in [-0.3, -0.25) is 0 Å². The topological polar surface area (TPSA) is 0 Å². The molecule has 0 saturated heterocycles. The van der Waals surface area contributed by atoms with E-state index >= 15 is 0 Å². The van der Waals surface area contributed by atoms with Gasteiger partial charge in [-0.25, -0.2) is 0 Å². The van der Waals surface area contributed by atoms with Crippen molar-refractivity contribution in [2.45, 2.75) is 88.7 Å². The molecule has 2 unspecified atom stereocenters. The molecule has 0 aromatic rings. The summed E-state index contributed by atoms with van der Waals surface area (Å²) in [5.41, 5.74) is 0. The number of hydrogen-bond acceptors (Lipinski definition) is 0. The summed E-state index contributed by atoms with van der Waals surface area (Å²) in [5, 5.41) is 0. The summed E-state index contributed by atoms with van der Waals surface area (Å²) in [5.74, 6) is 2.14. The Balaban J connectivity index is 3.61. The molecule has 0 aliphatic heterocycles. The molecule has 1 heteroatoms. The fraction of sp³-hybridized carbons (Fsp3) is 1.00. The van der Waals surface area contributed by atoms with E-state index in [9.17, 15) is 0 Å². The second-order valence-electron chi connectivity index (χ2n) is 5.37. The predicted octanol–water partition coefficient (Wildman–Crippen LogP) is 6.34. The van der Waals surface area contributed by atoms with Gasteiger partial charge in [-0.05, 0) is 0 Å². The minimum absolute atomic E-state index is 0.318. The van der Waals surface area contributed by atoms with Crippen LogP contribution in [0.5, 0.6) is 0 Å². The Hall–Kier alpha value is 0.688. The van der Waals surface area contributed by atoms with E-state index in [1.54, 1.807) is 9.62 Å². The van der Waals surface area contributed by atoms with Crippen molar-refractivity contribution >= 4 is 0 Å². The van der Waals surface area contributed by atoms with Gasteiger partial charge in [-0.1, -0.05) is 0 Å². The van der Waals surface area contributed by atoms with E-state index in [1.165, 1.54) is 51.4 Å². The summed E-state index contributed by atoms with van der Waals surface area (Å²) in [7, 11) is 0. The molecule has 0 aromatic carbocycles. The molecule has 0 rings (SSSR count). The van der Waals surface area contributed by atoms with E-state index in [1.807, 2.05) is 0 Å². The van der Waals surface area contributed by atoms with Crippen LogP contribution in [-0.4, -0.2) is 0 Å². The van der Waals surface area contributed by atoms with Crippen LogP contribution in [0.1, 0.15) is 79.1 Å². The van der Waals surface area contributed by atoms with Crippen molar-refractivity contribution in [1.29, 1.82) is 0 Å². The molecular formula is C16H34Mo. The molecular weight excluding hydrogens is 288 g/mol. The van der Waals surface area contributed by atoms with Gasteiger partial charge in [0.2, 0.25) is 0 Å². The molecule has 0 saturated carbocycles. The maximum absolute atomic E-state index is 2.39. The Kier molecular flexibility index (Phi) is 13.7. The Morgan fingerprint density at radius 1 is 0.706 bits per heavy atom. The average Bonchev–Trinajstić information content (AvgIpc) is 2.37. The van der Waals surface area contributed by atoms with E-state index in [0.29, 0.717) is 18.6 Å². The predicted molar refractivity (Wildman–Crippen MR) is 76.2 cm³/mol. The molecule has 17 heavy (non-hydrogen) atoms. The minimum atomic E-state index is 0.318. The van der Waals surface area contributed by atoms with Crippen LogP contribution in [0.3, 0.4) is 0 Å². The zero-order valence-electron chi connectivity index (χ0n) is 12.6. The zero-order chi connectivity index (χ0) is 12.9. The molecule has 0 bridgehead atoms. The Labute approximate surface area is 119 Å². The van der Waals surface area contributed by atoms with Crippen molar-refractivity contribution in [3.05, 3.63) is 0 Å². The van der Waals surface area contributed by atoms with Crippen LogP contribution in [0, 0.1) is 11.8 Å². The van der Waals surface area contributed by atoms with Crippen molar-refractivity contribution < 1.29 is 18.6 Å². The average molecular weight is 322 g/mol. The number of hydrogen-bond donors (Lipinski definition) is 0. The first kappa shape index (κ1) is 17.7. The second kappa shape index (κ2) is 13.1. The van der Waals surface area contributed by atoms with Crippen LogP contribution in [0.25, 0.3) is 0 Å². The van der Waals surface area contributed by atoms with Crippen molar-refractivity contribution in [2.75, 3.05) is 0 Å². The third-order valence-corrected chi connectivity index (χ3v) is 7.27. The summed E-state index contributed by atoms with van der Waals surface area (Å²) in [6.45, 7) is 9.42. The van der Waals surface area contributed by atoms with Crippen LogP contribution in [-0.2, 0) is 18.6 Å². The second-order valence-corrected chi connectivity index (χ2v) is 8.01. The van der Waals surface area contributed by atoms with E-state index in [-0.39, 0.29) is 0 Å². The normalized spacial score (nSPS) is 14.8. The standard InChI is InChI=1S/2C8H17.Mo/c2*1-4-6-7-8(3)5-2;/h2*8H,3-7H2,1-2H3;. The molecule has 0 spiro atoms. The number of rotatable bonds is 12. The van der Waals surface area contributed by atoms with Crippen molar-refractivity contribution in [3.8, 4) is 0 Å². The first-order valence-electron chi connectivity index (χ1n) is 7.86. The number of unbranched alkanes of at least 4 members (excludes halogenated alkanes) is 2. The van der Waals surface area contributed by atoms with Gasteiger partial charge in [-0.15, -0.1) is 0 Å². The van der Waals surface area contributed by atoms with E-state index in [0.717, 1.165) is 11.8 Å². The molecule has 0 heterocycles. The van der Waals surface area contributed by atoms with Crippen molar-refractivity contribution in [2.24, 2.45) is 11.8 Å². The van der Waals surface area contributed by atoms with Gasteiger partial charge in [0.05, 0.1) is 0 Å². The Bertz CT molecular complexity index is 128. The van der Waals surface area contributed by atoms with Gasteiger partial charge in [-0.2, -0.15) is 0 Å². The third kappa shape index (κ3) is 10.3. The van der Waals surface area contributed by atoms with Crippen molar-refractivity contribution in [1.82, 2.24) is 0 Å². The molecule has 2 atom stereocenters. The molecule has 104 valence electrons. The zero-order valence-corrected chi connectivity index (χ0v) is 14.6. The quantitative estimate of drug-likeness (QED) is 0.368. The summed E-state index contributed by atoms with van der Waals surface area (Å²) in [4.78, 5) is 3.23. The fourth-order valence-corrected chi connectivity index (χ4v) is 6.15. The Morgan fingerprint density at radius 3 is 1.41 bits per heavy atom. The molecule has 0 fully saturated rings. The first-order chi connectivity index (χ1) is 8.28. The summed E-state index contributed by atoms with van der Waals surface area (Å²) >= 11 is 0.318. The summed E-state index contributed by atoms with van der Waals surface area (Å²) in [6.07, 6.45) is 11.5. The van der Waals surface area contributed by atoms with Crippen LogP contribution >= 0.6 is 0 Å². The summed E-state index contributed by atoms with van der Waals surface area (Å²) in [6, 6.07) is 0. The molecule has 0 nitrogen and oxygen atoms in total. The molecule has 0 N–H and O–H groups in total. The first-order valence-corrected chi connectivity index (χ1v) is 10.7. The Morgan fingerprint density at radius 2 is 1.12 bits per heavy atom. The molecule has 0 aliphatic rings. The fourth-order valence-electron chi connectivity index (χ4n) is 2.20. The van der Waals surface area contributed by atoms with Gasteiger partial charge in [0.1, 0.15) is 0 Å². The van der Waals surface area contributed by atoms with Gasteiger partial charge < -0.3 is 0 Å². The molecule has 0 aliphatic carbocycles. The molecule has 0 amide bonds. The van der Waals surface area contributed by atoms with Gasteiger partial charge in [0.25, 0.3) is 0 Å². The molecule has 0 aromatic heterocycles. The van der Waals surface area contributed by atoms with Gasteiger partial charge in [0.15, 0.2) is 0 Å². The van der Waals surface area contributed by atoms with Crippen LogP contribution in [0.15, 0.2) is 0 Å². The van der Waals surface area contributed by atoms with Crippen molar-refractivity contribution in [3.63, 3.8) is 0 Å². The molecule has 0 radical (unpaired) electrons. The van der Waals surface area contributed by atoms with Crippen LogP contribution in [0.4, 0.5) is 0 Å². The monoisotopic (exact) mass is 324 g/mol. The van der Waals surface area contributed by atoms with Gasteiger partial charge >= 0.3 is 119 Å². The van der Waals surface area contributed by atoms with Gasteiger partial charge in [0, 0.05) is 0 Å². The van der Waals surface area contributed by atoms with E-state index in [4.69, 9.17) is 0 Å².